The minimum atomic E-state index is -0.162. The molecule has 1 aromatic rings. The first-order valence-electron chi connectivity index (χ1n) is 5.12. The maximum absolute atomic E-state index is 8.83. The minimum absolute atomic E-state index is 0.162. The summed E-state index contributed by atoms with van der Waals surface area (Å²) < 4.78 is 0. The maximum atomic E-state index is 8.83. The molecule has 1 heterocycles. The second-order valence-corrected chi connectivity index (χ2v) is 4.94. The minimum Gasteiger partial charge on any atom is -0.346 e. The highest BCUT2D eigenvalue weighted by molar-refractivity contribution is 6.30. The van der Waals surface area contributed by atoms with Gasteiger partial charge in [-0.15, -0.1) is 0 Å². The number of anilines is 1. The lowest BCUT2D eigenvalue weighted by Gasteiger charge is -2.22. The van der Waals surface area contributed by atoms with Crippen LogP contribution in [0.3, 0.4) is 0 Å². The highest BCUT2D eigenvalue weighted by Gasteiger charge is 2.38. The summed E-state index contributed by atoms with van der Waals surface area (Å²) in [6.07, 6.45) is 1.61. The molecule has 0 aromatic heterocycles. The predicted molar refractivity (Wildman–Crippen MR) is 66.6 cm³/mol. The van der Waals surface area contributed by atoms with E-state index in [2.05, 4.69) is 24.8 Å². The molecule has 2 rings (SSSR count). The molecule has 3 heteroatoms. The zero-order valence-corrected chi connectivity index (χ0v) is 10.3. The van der Waals surface area contributed by atoms with Crippen molar-refractivity contribution in [2.24, 2.45) is 0 Å². The molecule has 16 heavy (non-hydrogen) atoms. The third-order valence-electron chi connectivity index (χ3n) is 3.20. The molecule has 0 radical (unpaired) electrons. The lowest BCUT2D eigenvalue weighted by atomic mass is 9.84. The summed E-state index contributed by atoms with van der Waals surface area (Å²) in [6.45, 7) is 4.21. The average molecular weight is 233 g/mol. The van der Waals surface area contributed by atoms with Crippen molar-refractivity contribution in [3.8, 4) is 6.07 Å². The second kappa shape index (κ2) is 3.54. The van der Waals surface area contributed by atoms with Gasteiger partial charge in [-0.3, -0.25) is 0 Å². The number of halogens is 1. The van der Waals surface area contributed by atoms with E-state index in [-0.39, 0.29) is 5.41 Å². The lowest BCUT2D eigenvalue weighted by Crippen LogP contribution is -2.22. The van der Waals surface area contributed by atoms with Gasteiger partial charge in [0.1, 0.15) is 0 Å². The maximum Gasteiger partial charge on any atom is 0.0930 e. The molecule has 0 saturated heterocycles. The number of likely N-dealkylation sites (N-methyl/N-ethyl adjacent to an activating group) is 1. The third kappa shape index (κ3) is 1.40. The zero-order valence-electron chi connectivity index (χ0n) is 9.58. The van der Waals surface area contributed by atoms with E-state index < -0.39 is 0 Å². The smallest absolute Gasteiger partial charge is 0.0930 e. The molecule has 0 saturated carbocycles. The Morgan fingerprint density at radius 3 is 2.75 bits per heavy atom. The molecule has 0 spiro atoms. The van der Waals surface area contributed by atoms with Crippen molar-refractivity contribution >= 4 is 17.3 Å². The third-order valence-corrected chi connectivity index (χ3v) is 3.43. The predicted octanol–water partition coefficient (Wildman–Crippen LogP) is 3.47. The number of nitriles is 1. The van der Waals surface area contributed by atoms with Crippen LogP contribution in [-0.2, 0) is 5.41 Å². The topological polar surface area (TPSA) is 27.0 Å². The number of benzene rings is 1. The first-order valence-corrected chi connectivity index (χ1v) is 5.50. The van der Waals surface area contributed by atoms with Crippen molar-refractivity contribution in [2.45, 2.75) is 19.3 Å². The molecular formula is C13H13ClN2. The Balaban J connectivity index is 2.68. The highest BCUT2D eigenvalue weighted by atomic mass is 35.5. The molecule has 0 atom stereocenters. The van der Waals surface area contributed by atoms with Crippen molar-refractivity contribution in [2.75, 3.05) is 11.9 Å². The number of rotatable bonds is 0. The SMILES string of the molecule is CN1/C(=C/C#N)C(C)(C)c2cc(Cl)ccc21. The summed E-state index contributed by atoms with van der Waals surface area (Å²) in [6, 6.07) is 7.96. The van der Waals surface area contributed by atoms with E-state index in [4.69, 9.17) is 16.9 Å². The van der Waals surface area contributed by atoms with Gasteiger partial charge < -0.3 is 4.90 Å². The van der Waals surface area contributed by atoms with Crippen molar-refractivity contribution in [1.82, 2.24) is 0 Å². The van der Waals surface area contributed by atoms with Crippen LogP contribution in [0.15, 0.2) is 30.0 Å². The van der Waals surface area contributed by atoms with Crippen molar-refractivity contribution < 1.29 is 0 Å². The van der Waals surface area contributed by atoms with E-state index in [1.165, 1.54) is 5.56 Å². The number of hydrogen-bond acceptors (Lipinski definition) is 2. The second-order valence-electron chi connectivity index (χ2n) is 4.50. The molecule has 1 aliphatic rings. The normalized spacial score (nSPS) is 19.7. The quantitative estimate of drug-likeness (QED) is 0.641. The first kappa shape index (κ1) is 11.0. The zero-order chi connectivity index (χ0) is 11.9. The Labute approximate surface area is 101 Å². The van der Waals surface area contributed by atoms with Crippen LogP contribution >= 0.6 is 11.6 Å². The van der Waals surface area contributed by atoms with Gasteiger partial charge in [-0.25, -0.2) is 0 Å². The molecule has 0 amide bonds. The number of nitrogens with zero attached hydrogens (tertiary/aromatic N) is 2. The fourth-order valence-corrected chi connectivity index (χ4v) is 2.50. The van der Waals surface area contributed by atoms with E-state index in [0.29, 0.717) is 0 Å². The molecule has 0 N–H and O–H groups in total. The molecule has 1 aromatic carbocycles. The fourth-order valence-electron chi connectivity index (χ4n) is 2.33. The van der Waals surface area contributed by atoms with E-state index in [1.807, 2.05) is 25.2 Å². The van der Waals surface area contributed by atoms with Crippen LogP contribution in [0.1, 0.15) is 19.4 Å². The van der Waals surface area contributed by atoms with Gasteiger partial charge in [-0.2, -0.15) is 5.26 Å². The molecule has 0 aliphatic carbocycles. The van der Waals surface area contributed by atoms with Crippen LogP contribution in [0, 0.1) is 11.3 Å². The van der Waals surface area contributed by atoms with Crippen LogP contribution in [0.5, 0.6) is 0 Å². The fraction of sp³-hybridized carbons (Fsp3) is 0.308. The molecule has 82 valence electrons. The molecule has 2 nitrogen and oxygen atoms in total. The van der Waals surface area contributed by atoms with Gasteiger partial charge >= 0.3 is 0 Å². The van der Waals surface area contributed by atoms with Crippen LogP contribution < -0.4 is 4.90 Å². The summed E-state index contributed by atoms with van der Waals surface area (Å²) in [5.41, 5.74) is 3.14. The van der Waals surface area contributed by atoms with Crippen LogP contribution in [0.25, 0.3) is 0 Å². The van der Waals surface area contributed by atoms with Gasteiger partial charge in [-0.05, 0) is 23.8 Å². The average Bonchev–Trinajstić information content (AvgIpc) is 2.40. The Morgan fingerprint density at radius 2 is 2.12 bits per heavy atom. The van der Waals surface area contributed by atoms with E-state index >= 15 is 0 Å². The van der Waals surface area contributed by atoms with Gasteiger partial charge in [0.2, 0.25) is 0 Å². The summed E-state index contributed by atoms with van der Waals surface area (Å²) in [5, 5.41) is 9.57. The lowest BCUT2D eigenvalue weighted by molar-refractivity contribution is 0.640. The monoisotopic (exact) mass is 232 g/mol. The molecule has 1 aliphatic heterocycles. The summed E-state index contributed by atoms with van der Waals surface area (Å²) in [4.78, 5) is 2.05. The standard InChI is InChI=1S/C13H13ClN2/c1-13(2)10-8-9(14)4-5-11(10)16(3)12(13)6-7-15/h4-6,8H,1-3H3/b12-6+. The largest absolute Gasteiger partial charge is 0.346 e. The molecule has 0 unspecified atom stereocenters. The van der Waals surface area contributed by atoms with E-state index in [9.17, 15) is 0 Å². The number of hydrogen-bond donors (Lipinski definition) is 0. The van der Waals surface area contributed by atoms with Gasteiger partial charge in [0.05, 0.1) is 6.07 Å². The van der Waals surface area contributed by atoms with Gasteiger partial charge in [0.15, 0.2) is 0 Å². The van der Waals surface area contributed by atoms with Gasteiger partial charge in [0, 0.05) is 34.9 Å². The Bertz CT molecular complexity index is 509. The first-order chi connectivity index (χ1) is 7.48. The number of allylic oxidation sites excluding steroid dienone is 2. The van der Waals surface area contributed by atoms with Gasteiger partial charge in [0.25, 0.3) is 0 Å². The molecule has 0 fully saturated rings. The van der Waals surface area contributed by atoms with Crippen molar-refractivity contribution in [3.63, 3.8) is 0 Å². The summed E-state index contributed by atoms with van der Waals surface area (Å²) in [7, 11) is 1.98. The Hall–Kier alpha value is -1.46. The van der Waals surface area contributed by atoms with Crippen LogP contribution in [-0.4, -0.2) is 7.05 Å². The van der Waals surface area contributed by atoms with Crippen LogP contribution in [0.4, 0.5) is 5.69 Å². The molecular weight excluding hydrogens is 220 g/mol. The summed E-state index contributed by atoms with van der Waals surface area (Å²) in [5.74, 6) is 0. The van der Waals surface area contributed by atoms with Crippen LogP contribution in [0.2, 0.25) is 5.02 Å². The number of fused-ring (bicyclic) bond motifs is 1. The Morgan fingerprint density at radius 1 is 1.44 bits per heavy atom. The van der Waals surface area contributed by atoms with Gasteiger partial charge in [-0.1, -0.05) is 25.4 Å². The highest BCUT2D eigenvalue weighted by Crippen LogP contribution is 2.47. The summed E-state index contributed by atoms with van der Waals surface area (Å²) >= 11 is 6.02. The molecule has 0 bridgehead atoms. The Kier molecular flexibility index (Phi) is 2.44. The van der Waals surface area contributed by atoms with Crippen molar-refractivity contribution in [1.29, 1.82) is 5.26 Å². The van der Waals surface area contributed by atoms with Crippen molar-refractivity contribution in [3.05, 3.63) is 40.6 Å². The van der Waals surface area contributed by atoms with E-state index in [0.717, 1.165) is 16.4 Å². The van der Waals surface area contributed by atoms with E-state index in [1.54, 1.807) is 6.08 Å².